The lowest BCUT2D eigenvalue weighted by Crippen LogP contribution is -2.50. The fraction of sp³-hybridized carbons (Fsp3) is 1.00. The van der Waals surface area contributed by atoms with Crippen molar-refractivity contribution < 1.29 is 0 Å². The Morgan fingerprint density at radius 2 is 2.08 bits per heavy atom. The highest BCUT2D eigenvalue weighted by Gasteiger charge is 2.26. The van der Waals surface area contributed by atoms with Crippen LogP contribution in [0.25, 0.3) is 0 Å². The van der Waals surface area contributed by atoms with Gasteiger partial charge in [0, 0.05) is 19.6 Å². The van der Waals surface area contributed by atoms with Gasteiger partial charge in [0.2, 0.25) is 0 Å². The fourth-order valence-electron chi connectivity index (χ4n) is 1.97. The largest absolute Gasteiger partial charge is 0.304 e. The Balaban J connectivity index is 2.47. The van der Waals surface area contributed by atoms with E-state index in [-0.39, 0.29) is 0 Å². The molecule has 0 bridgehead atoms. The first-order chi connectivity index (χ1) is 5.83. The van der Waals surface area contributed by atoms with Crippen molar-refractivity contribution in [2.24, 2.45) is 0 Å². The molecular formula is C9H21N3. The maximum absolute atomic E-state index is 3.35. The topological polar surface area (TPSA) is 18.5 Å². The molecule has 1 N–H and O–H groups in total. The van der Waals surface area contributed by atoms with Crippen molar-refractivity contribution >= 4 is 0 Å². The molecule has 1 unspecified atom stereocenters. The molecule has 3 nitrogen and oxygen atoms in total. The van der Waals surface area contributed by atoms with Crippen LogP contribution in [-0.2, 0) is 0 Å². The van der Waals surface area contributed by atoms with Crippen molar-refractivity contribution in [3.8, 4) is 0 Å². The van der Waals surface area contributed by atoms with Gasteiger partial charge >= 0.3 is 0 Å². The van der Waals surface area contributed by atoms with Crippen LogP contribution in [0.15, 0.2) is 0 Å². The SMILES string of the molecule is CCN(CC)N1CCCC1NC. The number of hydrogen-bond acceptors (Lipinski definition) is 3. The second-order valence-corrected chi connectivity index (χ2v) is 3.25. The average Bonchev–Trinajstić information content (AvgIpc) is 2.55. The van der Waals surface area contributed by atoms with E-state index in [1.54, 1.807) is 0 Å². The van der Waals surface area contributed by atoms with E-state index in [1.807, 2.05) is 7.05 Å². The van der Waals surface area contributed by atoms with Crippen molar-refractivity contribution in [3.63, 3.8) is 0 Å². The van der Waals surface area contributed by atoms with E-state index in [0.717, 1.165) is 13.1 Å². The van der Waals surface area contributed by atoms with E-state index in [4.69, 9.17) is 0 Å². The molecule has 1 rings (SSSR count). The van der Waals surface area contributed by atoms with Crippen molar-refractivity contribution in [2.75, 3.05) is 26.7 Å². The Morgan fingerprint density at radius 1 is 1.42 bits per heavy atom. The van der Waals surface area contributed by atoms with Gasteiger partial charge in [-0.2, -0.15) is 0 Å². The van der Waals surface area contributed by atoms with Gasteiger partial charge in [0.05, 0.1) is 6.17 Å². The normalized spacial score (nSPS) is 25.5. The van der Waals surface area contributed by atoms with E-state index in [1.165, 1.54) is 19.4 Å². The van der Waals surface area contributed by atoms with Crippen LogP contribution in [0.3, 0.4) is 0 Å². The molecule has 1 atom stereocenters. The highest BCUT2D eigenvalue weighted by molar-refractivity contribution is 4.73. The third-order valence-electron chi connectivity index (χ3n) is 2.65. The first-order valence-corrected chi connectivity index (χ1v) is 5.02. The summed E-state index contributed by atoms with van der Waals surface area (Å²) in [6, 6.07) is 0. The van der Waals surface area contributed by atoms with Crippen LogP contribution >= 0.6 is 0 Å². The molecule has 0 aromatic heterocycles. The molecule has 1 heterocycles. The first kappa shape index (κ1) is 9.96. The molecule has 72 valence electrons. The Morgan fingerprint density at radius 3 is 2.58 bits per heavy atom. The molecule has 3 heteroatoms. The molecule has 1 aliphatic heterocycles. The molecule has 1 fully saturated rings. The standard InChI is InChI=1S/C9H21N3/c1-4-11(5-2)12-8-6-7-9(12)10-3/h9-10H,4-8H2,1-3H3. The highest BCUT2D eigenvalue weighted by atomic mass is 15.7. The smallest absolute Gasteiger partial charge is 0.0733 e. The average molecular weight is 171 g/mol. The van der Waals surface area contributed by atoms with Gasteiger partial charge in [-0.3, -0.25) is 0 Å². The van der Waals surface area contributed by atoms with Crippen molar-refractivity contribution in [3.05, 3.63) is 0 Å². The van der Waals surface area contributed by atoms with Crippen molar-refractivity contribution in [1.82, 2.24) is 15.3 Å². The minimum Gasteiger partial charge on any atom is -0.304 e. The van der Waals surface area contributed by atoms with Gasteiger partial charge in [0.1, 0.15) is 0 Å². The lowest BCUT2D eigenvalue weighted by Gasteiger charge is -2.34. The zero-order chi connectivity index (χ0) is 8.97. The Hall–Kier alpha value is -0.120. The van der Waals surface area contributed by atoms with Gasteiger partial charge in [-0.15, -0.1) is 0 Å². The van der Waals surface area contributed by atoms with Gasteiger partial charge in [0.25, 0.3) is 0 Å². The van der Waals surface area contributed by atoms with Crippen LogP contribution < -0.4 is 5.32 Å². The van der Waals surface area contributed by atoms with Crippen LogP contribution in [0.4, 0.5) is 0 Å². The molecule has 0 amide bonds. The summed E-state index contributed by atoms with van der Waals surface area (Å²) in [5.74, 6) is 0. The molecule has 1 aliphatic rings. The minimum absolute atomic E-state index is 0.574. The van der Waals surface area contributed by atoms with Gasteiger partial charge in [-0.05, 0) is 19.9 Å². The molecular weight excluding hydrogens is 150 g/mol. The van der Waals surface area contributed by atoms with Crippen LogP contribution in [0.2, 0.25) is 0 Å². The monoisotopic (exact) mass is 171 g/mol. The third kappa shape index (κ3) is 1.97. The van der Waals surface area contributed by atoms with Crippen LogP contribution in [-0.4, -0.2) is 42.9 Å². The quantitative estimate of drug-likeness (QED) is 0.677. The van der Waals surface area contributed by atoms with Gasteiger partial charge < -0.3 is 5.32 Å². The summed E-state index contributed by atoms with van der Waals surface area (Å²) in [5, 5.41) is 8.22. The zero-order valence-electron chi connectivity index (χ0n) is 8.51. The maximum Gasteiger partial charge on any atom is 0.0733 e. The van der Waals surface area contributed by atoms with Gasteiger partial charge in [-0.1, -0.05) is 13.8 Å². The number of nitrogens with one attached hydrogen (secondary N) is 1. The Labute approximate surface area is 75.7 Å². The lowest BCUT2D eigenvalue weighted by atomic mass is 10.3. The molecule has 0 saturated carbocycles. The van der Waals surface area contributed by atoms with Crippen molar-refractivity contribution in [2.45, 2.75) is 32.9 Å². The maximum atomic E-state index is 3.35. The summed E-state index contributed by atoms with van der Waals surface area (Å²) in [6.07, 6.45) is 3.18. The summed E-state index contributed by atoms with van der Waals surface area (Å²) >= 11 is 0. The summed E-state index contributed by atoms with van der Waals surface area (Å²) in [5.41, 5.74) is 0. The summed E-state index contributed by atoms with van der Waals surface area (Å²) in [4.78, 5) is 0. The second kappa shape index (κ2) is 4.80. The molecule has 0 radical (unpaired) electrons. The molecule has 12 heavy (non-hydrogen) atoms. The summed E-state index contributed by atoms with van der Waals surface area (Å²) < 4.78 is 0. The highest BCUT2D eigenvalue weighted by Crippen LogP contribution is 2.16. The van der Waals surface area contributed by atoms with Gasteiger partial charge in [0.15, 0.2) is 0 Å². The van der Waals surface area contributed by atoms with Crippen LogP contribution in [0, 0.1) is 0 Å². The zero-order valence-corrected chi connectivity index (χ0v) is 8.51. The van der Waals surface area contributed by atoms with Gasteiger partial charge in [-0.25, -0.2) is 10.0 Å². The van der Waals surface area contributed by atoms with E-state index >= 15 is 0 Å². The van der Waals surface area contributed by atoms with E-state index in [9.17, 15) is 0 Å². The Bertz CT molecular complexity index is 123. The van der Waals surface area contributed by atoms with E-state index in [0.29, 0.717) is 6.17 Å². The Kier molecular flexibility index (Phi) is 3.98. The van der Waals surface area contributed by atoms with Crippen molar-refractivity contribution in [1.29, 1.82) is 0 Å². The molecule has 0 spiro atoms. The predicted octanol–water partition coefficient (Wildman–Crippen LogP) is 0.884. The lowest BCUT2D eigenvalue weighted by molar-refractivity contribution is -0.0359. The number of nitrogens with zero attached hydrogens (tertiary/aromatic N) is 2. The first-order valence-electron chi connectivity index (χ1n) is 5.02. The summed E-state index contributed by atoms with van der Waals surface area (Å²) in [7, 11) is 2.05. The number of hydrogen-bond donors (Lipinski definition) is 1. The van der Waals surface area contributed by atoms with E-state index < -0.39 is 0 Å². The number of rotatable bonds is 4. The molecule has 1 saturated heterocycles. The molecule has 0 aromatic carbocycles. The van der Waals surface area contributed by atoms with E-state index in [2.05, 4.69) is 29.2 Å². The molecule has 0 aliphatic carbocycles. The molecule has 0 aromatic rings. The van der Waals surface area contributed by atoms with Crippen LogP contribution in [0.5, 0.6) is 0 Å². The second-order valence-electron chi connectivity index (χ2n) is 3.25. The minimum atomic E-state index is 0.574. The predicted molar refractivity (Wildman–Crippen MR) is 51.7 cm³/mol. The number of hydrazine groups is 1. The van der Waals surface area contributed by atoms with Crippen LogP contribution in [0.1, 0.15) is 26.7 Å². The fourth-order valence-corrected chi connectivity index (χ4v) is 1.97. The third-order valence-corrected chi connectivity index (χ3v) is 2.65. The summed E-state index contributed by atoms with van der Waals surface area (Å²) in [6.45, 7) is 7.89.